The second-order valence-corrected chi connectivity index (χ2v) is 6.14. The smallest absolute Gasteiger partial charge is 0.205 e. The molecule has 2 N–H and O–H groups in total. The molecule has 0 radical (unpaired) electrons. The third kappa shape index (κ3) is 3.79. The van der Waals surface area contributed by atoms with Gasteiger partial charge >= 0.3 is 0 Å². The van der Waals surface area contributed by atoms with Gasteiger partial charge in [0.25, 0.3) is 0 Å². The number of anilines is 1. The van der Waals surface area contributed by atoms with Crippen LogP contribution < -0.4 is 10.6 Å². The monoisotopic (exact) mass is 321 g/mol. The molecule has 1 aliphatic rings. The first-order valence-corrected chi connectivity index (χ1v) is 8.26. The summed E-state index contributed by atoms with van der Waals surface area (Å²) in [5, 5.41) is 0.976. The van der Waals surface area contributed by atoms with Crippen molar-refractivity contribution in [3.8, 4) is 0 Å². The quantitative estimate of drug-likeness (QED) is 0.901. The number of hydrogen-bond acceptors (Lipinski definition) is 6. The Balaban J connectivity index is 1.58. The zero-order chi connectivity index (χ0) is 15.4. The van der Waals surface area contributed by atoms with Gasteiger partial charge < -0.3 is 10.6 Å². The number of nitrogens with two attached hydrogens (primary N) is 1. The Hall–Kier alpha value is -1.57. The average Bonchev–Trinajstić information content (AvgIpc) is 2.99. The van der Waals surface area contributed by atoms with Gasteiger partial charge in [-0.05, 0) is 17.7 Å². The number of piperazine rings is 1. The fraction of sp³-hybridized carbons (Fsp3) is 0.467. The lowest BCUT2D eigenvalue weighted by atomic mass is 10.1. The molecular formula is C15H20FN5S. The van der Waals surface area contributed by atoms with Gasteiger partial charge in [0.15, 0.2) is 0 Å². The fourth-order valence-corrected chi connectivity index (χ4v) is 3.31. The van der Waals surface area contributed by atoms with Crippen molar-refractivity contribution in [3.63, 3.8) is 0 Å². The molecule has 0 saturated carbocycles. The van der Waals surface area contributed by atoms with E-state index in [0.29, 0.717) is 13.0 Å². The Kier molecular flexibility index (Phi) is 4.97. The molecule has 0 bridgehead atoms. The topological polar surface area (TPSA) is 58.3 Å². The van der Waals surface area contributed by atoms with Gasteiger partial charge in [0.05, 0.1) is 0 Å². The molecular weight excluding hydrogens is 301 g/mol. The van der Waals surface area contributed by atoms with E-state index >= 15 is 0 Å². The Morgan fingerprint density at radius 2 is 1.86 bits per heavy atom. The maximum absolute atomic E-state index is 12.9. The summed E-state index contributed by atoms with van der Waals surface area (Å²) in [6, 6.07) is 6.50. The lowest BCUT2D eigenvalue weighted by molar-refractivity contribution is 0.265. The molecule has 0 amide bonds. The van der Waals surface area contributed by atoms with E-state index in [4.69, 9.17) is 5.73 Å². The number of aromatic nitrogens is 2. The number of rotatable bonds is 5. The summed E-state index contributed by atoms with van der Waals surface area (Å²) in [7, 11) is 0. The number of hydrogen-bond donors (Lipinski definition) is 1. The van der Waals surface area contributed by atoms with Crippen LogP contribution in [-0.4, -0.2) is 53.5 Å². The standard InChI is InChI=1S/C15H20FN5S/c16-13-3-1-12(2-4-13)11-14-18-15(22-19-14)21-9-7-20(6-5-17)8-10-21/h1-4H,5-11,17H2. The number of halogens is 1. The highest BCUT2D eigenvalue weighted by Gasteiger charge is 2.19. The molecule has 5 nitrogen and oxygen atoms in total. The number of nitrogens with zero attached hydrogens (tertiary/aromatic N) is 4. The van der Waals surface area contributed by atoms with Crippen LogP contribution in [0.4, 0.5) is 9.52 Å². The highest BCUT2D eigenvalue weighted by atomic mass is 32.1. The van der Waals surface area contributed by atoms with Crippen molar-refractivity contribution in [1.82, 2.24) is 14.3 Å². The van der Waals surface area contributed by atoms with Crippen LogP contribution in [0.25, 0.3) is 0 Å². The minimum Gasteiger partial charge on any atom is -0.344 e. The highest BCUT2D eigenvalue weighted by molar-refractivity contribution is 7.09. The Morgan fingerprint density at radius 3 is 2.55 bits per heavy atom. The van der Waals surface area contributed by atoms with Crippen LogP contribution >= 0.6 is 11.5 Å². The summed E-state index contributed by atoms with van der Waals surface area (Å²) in [6.07, 6.45) is 0.643. The van der Waals surface area contributed by atoms with E-state index in [9.17, 15) is 4.39 Å². The van der Waals surface area contributed by atoms with Crippen molar-refractivity contribution >= 4 is 16.7 Å². The van der Waals surface area contributed by atoms with Crippen molar-refractivity contribution in [2.24, 2.45) is 5.73 Å². The van der Waals surface area contributed by atoms with Crippen molar-refractivity contribution in [2.45, 2.75) is 6.42 Å². The van der Waals surface area contributed by atoms with Crippen LogP contribution in [-0.2, 0) is 6.42 Å². The minimum atomic E-state index is -0.217. The molecule has 1 aromatic carbocycles. The molecule has 1 aliphatic heterocycles. The van der Waals surface area contributed by atoms with Crippen LogP contribution in [0, 0.1) is 5.82 Å². The Morgan fingerprint density at radius 1 is 1.14 bits per heavy atom. The van der Waals surface area contributed by atoms with Crippen molar-refractivity contribution < 1.29 is 4.39 Å². The van der Waals surface area contributed by atoms with E-state index in [1.807, 2.05) is 0 Å². The summed E-state index contributed by atoms with van der Waals surface area (Å²) < 4.78 is 17.3. The van der Waals surface area contributed by atoms with Crippen molar-refractivity contribution in [2.75, 3.05) is 44.2 Å². The molecule has 0 atom stereocenters. The molecule has 1 saturated heterocycles. The zero-order valence-electron chi connectivity index (χ0n) is 12.4. The summed E-state index contributed by atoms with van der Waals surface area (Å²) in [5.74, 6) is 0.585. The molecule has 0 aliphatic carbocycles. The van der Waals surface area contributed by atoms with Gasteiger partial charge in [-0.3, -0.25) is 4.90 Å². The zero-order valence-corrected chi connectivity index (χ0v) is 13.2. The summed E-state index contributed by atoms with van der Waals surface area (Å²) in [5.41, 5.74) is 6.62. The van der Waals surface area contributed by atoms with E-state index in [2.05, 4.69) is 19.2 Å². The SMILES string of the molecule is NCCN1CCN(c2nc(Cc3ccc(F)cc3)ns2)CC1. The molecule has 1 fully saturated rings. The van der Waals surface area contributed by atoms with E-state index < -0.39 is 0 Å². The average molecular weight is 321 g/mol. The summed E-state index contributed by atoms with van der Waals surface area (Å²) >= 11 is 1.44. The molecule has 7 heteroatoms. The van der Waals surface area contributed by atoms with Gasteiger partial charge in [-0.25, -0.2) is 9.37 Å². The van der Waals surface area contributed by atoms with Gasteiger partial charge in [0.2, 0.25) is 5.13 Å². The molecule has 0 unspecified atom stereocenters. The predicted octanol–water partition coefficient (Wildman–Crippen LogP) is 1.35. The Bertz CT molecular complexity index is 592. The molecule has 2 heterocycles. The van der Waals surface area contributed by atoms with E-state index in [1.54, 1.807) is 12.1 Å². The maximum atomic E-state index is 12.9. The van der Waals surface area contributed by atoms with Gasteiger partial charge in [-0.1, -0.05) is 12.1 Å². The first-order valence-electron chi connectivity index (χ1n) is 7.49. The predicted molar refractivity (Wildman–Crippen MR) is 86.8 cm³/mol. The molecule has 1 aromatic heterocycles. The second kappa shape index (κ2) is 7.13. The highest BCUT2D eigenvalue weighted by Crippen LogP contribution is 2.20. The van der Waals surface area contributed by atoms with Gasteiger partial charge in [0.1, 0.15) is 11.6 Å². The molecule has 22 heavy (non-hydrogen) atoms. The van der Waals surface area contributed by atoms with Crippen molar-refractivity contribution in [1.29, 1.82) is 0 Å². The van der Waals surface area contributed by atoms with Gasteiger partial charge in [0, 0.05) is 57.2 Å². The summed E-state index contributed by atoms with van der Waals surface area (Å²) in [4.78, 5) is 9.27. The third-order valence-electron chi connectivity index (χ3n) is 3.82. The van der Waals surface area contributed by atoms with E-state index in [-0.39, 0.29) is 5.82 Å². The van der Waals surface area contributed by atoms with Gasteiger partial charge in [-0.15, -0.1) is 0 Å². The van der Waals surface area contributed by atoms with Crippen LogP contribution in [0.1, 0.15) is 11.4 Å². The molecule has 118 valence electrons. The summed E-state index contributed by atoms with van der Waals surface area (Å²) in [6.45, 7) is 5.63. The van der Waals surface area contributed by atoms with Crippen molar-refractivity contribution in [3.05, 3.63) is 41.5 Å². The molecule has 2 aromatic rings. The molecule has 3 rings (SSSR count). The molecule has 0 spiro atoms. The minimum absolute atomic E-state index is 0.217. The van der Waals surface area contributed by atoms with E-state index in [0.717, 1.165) is 49.2 Å². The van der Waals surface area contributed by atoms with Crippen LogP contribution in [0.15, 0.2) is 24.3 Å². The van der Waals surface area contributed by atoms with Crippen LogP contribution in [0.5, 0.6) is 0 Å². The maximum Gasteiger partial charge on any atom is 0.205 e. The first-order chi connectivity index (χ1) is 10.7. The van der Waals surface area contributed by atoms with Gasteiger partial charge in [-0.2, -0.15) is 4.37 Å². The third-order valence-corrected chi connectivity index (χ3v) is 4.64. The number of benzene rings is 1. The first kappa shape index (κ1) is 15.3. The van der Waals surface area contributed by atoms with Crippen LogP contribution in [0.3, 0.4) is 0 Å². The van der Waals surface area contributed by atoms with E-state index in [1.165, 1.54) is 23.7 Å². The van der Waals surface area contributed by atoms with Crippen LogP contribution in [0.2, 0.25) is 0 Å². The lowest BCUT2D eigenvalue weighted by Crippen LogP contribution is -2.47. The fourth-order valence-electron chi connectivity index (χ4n) is 2.58. The normalized spacial score (nSPS) is 16.2. The Labute approximate surface area is 133 Å². The largest absolute Gasteiger partial charge is 0.344 e. The second-order valence-electron chi connectivity index (χ2n) is 5.41. The lowest BCUT2D eigenvalue weighted by Gasteiger charge is -2.33.